The van der Waals surface area contributed by atoms with Gasteiger partial charge in [0, 0.05) is 22.8 Å². The van der Waals surface area contributed by atoms with Gasteiger partial charge >= 0.3 is 0 Å². The molecule has 0 aliphatic rings. The minimum absolute atomic E-state index is 0.251. The van der Waals surface area contributed by atoms with Crippen molar-refractivity contribution in [1.82, 2.24) is 0 Å². The number of halogens is 2. The predicted molar refractivity (Wildman–Crippen MR) is 105 cm³/mol. The lowest BCUT2D eigenvalue weighted by Crippen LogP contribution is -2.04. The Morgan fingerprint density at radius 1 is 0.923 bits per heavy atom. The van der Waals surface area contributed by atoms with Crippen LogP contribution in [-0.4, -0.2) is 0 Å². The fourth-order valence-corrected chi connectivity index (χ4v) is 2.81. The number of anilines is 1. The summed E-state index contributed by atoms with van der Waals surface area (Å²) < 4.78 is 18.9. The number of aryl methyl sites for hydroxylation is 2. The van der Waals surface area contributed by atoms with Crippen molar-refractivity contribution in [2.45, 2.75) is 27.0 Å². The van der Waals surface area contributed by atoms with Crippen LogP contribution in [0.1, 0.15) is 22.3 Å². The van der Waals surface area contributed by atoms with Crippen LogP contribution in [0.4, 0.5) is 10.1 Å². The molecule has 1 N–H and O–H groups in total. The van der Waals surface area contributed by atoms with E-state index in [-0.39, 0.29) is 5.82 Å². The Hall–Kier alpha value is -2.52. The van der Waals surface area contributed by atoms with Gasteiger partial charge in [0.05, 0.1) is 0 Å². The number of hydrogen-bond donors (Lipinski definition) is 1. The van der Waals surface area contributed by atoms with Crippen LogP contribution in [0.15, 0.2) is 60.7 Å². The minimum atomic E-state index is -0.251. The summed E-state index contributed by atoms with van der Waals surface area (Å²) in [4.78, 5) is 0. The van der Waals surface area contributed by atoms with Gasteiger partial charge in [0.2, 0.25) is 0 Å². The fourth-order valence-electron chi connectivity index (χ4n) is 2.62. The highest BCUT2D eigenvalue weighted by Gasteiger charge is 2.06. The highest BCUT2D eigenvalue weighted by molar-refractivity contribution is 6.30. The molecule has 0 saturated heterocycles. The first-order valence-corrected chi connectivity index (χ1v) is 8.86. The van der Waals surface area contributed by atoms with Crippen molar-refractivity contribution in [3.05, 3.63) is 93.8 Å². The third kappa shape index (κ3) is 4.77. The highest BCUT2D eigenvalue weighted by Crippen LogP contribution is 2.25. The average molecular weight is 370 g/mol. The van der Waals surface area contributed by atoms with E-state index in [9.17, 15) is 4.39 Å². The summed E-state index contributed by atoms with van der Waals surface area (Å²) in [5, 5.41) is 4.08. The summed E-state index contributed by atoms with van der Waals surface area (Å²) in [6.45, 7) is 5.16. The zero-order valence-corrected chi connectivity index (χ0v) is 15.6. The lowest BCUT2D eigenvalue weighted by molar-refractivity contribution is 0.303. The number of rotatable bonds is 6. The predicted octanol–water partition coefficient (Wildman–Crippen LogP) is 6.29. The molecule has 26 heavy (non-hydrogen) atoms. The summed E-state index contributed by atoms with van der Waals surface area (Å²) in [7, 11) is 0. The van der Waals surface area contributed by atoms with Crippen LogP contribution in [0.25, 0.3) is 0 Å². The standard InChI is InChI=1S/C22H21ClFNO/c1-15-3-9-21(11-16(15)2)25-13-18-12-19(23)6-10-22(18)26-14-17-4-7-20(24)8-5-17/h3-12,25H,13-14H2,1-2H3. The van der Waals surface area contributed by atoms with E-state index in [0.717, 1.165) is 22.6 Å². The van der Waals surface area contributed by atoms with E-state index in [1.807, 2.05) is 12.1 Å². The molecular formula is C22H21ClFNO. The van der Waals surface area contributed by atoms with Gasteiger partial charge in [-0.15, -0.1) is 0 Å². The molecule has 0 atom stereocenters. The molecule has 0 aromatic heterocycles. The van der Waals surface area contributed by atoms with Crippen molar-refractivity contribution in [3.63, 3.8) is 0 Å². The van der Waals surface area contributed by atoms with Gasteiger partial charge in [0.25, 0.3) is 0 Å². The summed E-state index contributed by atoms with van der Waals surface area (Å²) >= 11 is 6.15. The normalized spacial score (nSPS) is 10.6. The lowest BCUT2D eigenvalue weighted by Gasteiger charge is -2.14. The maximum Gasteiger partial charge on any atom is 0.124 e. The Morgan fingerprint density at radius 3 is 2.42 bits per heavy atom. The first-order valence-electron chi connectivity index (χ1n) is 8.48. The van der Waals surface area contributed by atoms with Gasteiger partial charge in [-0.2, -0.15) is 0 Å². The monoisotopic (exact) mass is 369 g/mol. The molecule has 3 aromatic carbocycles. The van der Waals surface area contributed by atoms with Crippen molar-refractivity contribution in [2.75, 3.05) is 5.32 Å². The molecule has 3 aromatic rings. The number of benzene rings is 3. The first-order chi connectivity index (χ1) is 12.5. The molecule has 0 heterocycles. The van der Waals surface area contributed by atoms with Crippen molar-refractivity contribution in [2.24, 2.45) is 0 Å². The Labute approximate surface area is 158 Å². The molecular weight excluding hydrogens is 349 g/mol. The van der Waals surface area contributed by atoms with E-state index in [2.05, 4.69) is 37.4 Å². The third-order valence-corrected chi connectivity index (χ3v) is 4.56. The number of nitrogens with one attached hydrogen (secondary N) is 1. The maximum atomic E-state index is 13.0. The van der Waals surface area contributed by atoms with Gasteiger partial charge in [-0.25, -0.2) is 4.39 Å². The molecule has 0 spiro atoms. The van der Waals surface area contributed by atoms with E-state index < -0.39 is 0 Å². The van der Waals surface area contributed by atoms with Crippen LogP contribution >= 0.6 is 11.6 Å². The summed E-state index contributed by atoms with van der Waals surface area (Å²) in [6, 6.07) is 18.2. The molecule has 2 nitrogen and oxygen atoms in total. The minimum Gasteiger partial charge on any atom is -0.489 e. The van der Waals surface area contributed by atoms with Crippen LogP contribution in [0, 0.1) is 19.7 Å². The van der Waals surface area contributed by atoms with Crippen molar-refractivity contribution in [3.8, 4) is 5.75 Å². The zero-order chi connectivity index (χ0) is 18.5. The van der Waals surface area contributed by atoms with Gasteiger partial charge in [-0.1, -0.05) is 29.8 Å². The Bertz CT molecular complexity index is 893. The lowest BCUT2D eigenvalue weighted by atomic mass is 10.1. The number of hydrogen-bond acceptors (Lipinski definition) is 2. The zero-order valence-electron chi connectivity index (χ0n) is 14.9. The Balaban J connectivity index is 1.70. The van der Waals surface area contributed by atoms with E-state index in [0.29, 0.717) is 18.2 Å². The smallest absolute Gasteiger partial charge is 0.124 e. The van der Waals surface area contributed by atoms with E-state index in [4.69, 9.17) is 16.3 Å². The van der Waals surface area contributed by atoms with Gasteiger partial charge in [-0.3, -0.25) is 0 Å². The highest BCUT2D eigenvalue weighted by atomic mass is 35.5. The Morgan fingerprint density at radius 2 is 1.69 bits per heavy atom. The van der Waals surface area contributed by atoms with Crippen molar-refractivity contribution >= 4 is 17.3 Å². The second kappa shape index (κ2) is 8.24. The second-order valence-electron chi connectivity index (χ2n) is 6.32. The fraction of sp³-hybridized carbons (Fsp3) is 0.182. The molecule has 0 amide bonds. The van der Waals surface area contributed by atoms with Crippen molar-refractivity contribution in [1.29, 1.82) is 0 Å². The maximum absolute atomic E-state index is 13.0. The molecule has 4 heteroatoms. The van der Waals surface area contributed by atoms with E-state index in [1.165, 1.54) is 23.3 Å². The summed E-state index contributed by atoms with van der Waals surface area (Å²) in [6.07, 6.45) is 0. The van der Waals surface area contributed by atoms with Crippen LogP contribution in [-0.2, 0) is 13.2 Å². The molecule has 0 aliphatic carbocycles. The molecule has 134 valence electrons. The molecule has 0 radical (unpaired) electrons. The molecule has 0 aliphatic heterocycles. The molecule has 0 saturated carbocycles. The van der Waals surface area contributed by atoms with E-state index in [1.54, 1.807) is 18.2 Å². The molecule has 3 rings (SSSR count). The second-order valence-corrected chi connectivity index (χ2v) is 6.76. The topological polar surface area (TPSA) is 21.3 Å². The largest absolute Gasteiger partial charge is 0.489 e. The molecule has 0 unspecified atom stereocenters. The van der Waals surface area contributed by atoms with E-state index >= 15 is 0 Å². The number of ether oxygens (including phenoxy) is 1. The van der Waals surface area contributed by atoms with Crippen LogP contribution in [0.3, 0.4) is 0 Å². The Kier molecular flexibility index (Phi) is 5.79. The van der Waals surface area contributed by atoms with Crippen molar-refractivity contribution < 1.29 is 9.13 Å². The van der Waals surface area contributed by atoms with Gasteiger partial charge < -0.3 is 10.1 Å². The summed E-state index contributed by atoms with van der Waals surface area (Å²) in [5.41, 5.74) is 5.44. The van der Waals surface area contributed by atoms with Gasteiger partial charge in [-0.05, 0) is 73.0 Å². The molecule has 0 fully saturated rings. The van der Waals surface area contributed by atoms with Crippen LogP contribution in [0.2, 0.25) is 5.02 Å². The van der Waals surface area contributed by atoms with Gasteiger partial charge in [0.1, 0.15) is 18.2 Å². The summed E-state index contributed by atoms with van der Waals surface area (Å²) in [5.74, 6) is 0.508. The van der Waals surface area contributed by atoms with Crippen LogP contribution in [0.5, 0.6) is 5.75 Å². The SMILES string of the molecule is Cc1ccc(NCc2cc(Cl)ccc2OCc2ccc(F)cc2)cc1C. The molecule has 0 bridgehead atoms. The average Bonchev–Trinajstić information content (AvgIpc) is 2.63. The first kappa shape index (κ1) is 18.3. The quantitative estimate of drug-likeness (QED) is 0.551. The van der Waals surface area contributed by atoms with Gasteiger partial charge in [0.15, 0.2) is 0 Å². The third-order valence-electron chi connectivity index (χ3n) is 4.32. The van der Waals surface area contributed by atoms with Crippen LogP contribution < -0.4 is 10.1 Å².